The lowest BCUT2D eigenvalue weighted by Gasteiger charge is -2.43. The highest BCUT2D eigenvalue weighted by molar-refractivity contribution is 5.92. The number of esters is 3. The molecule has 5 amide bonds. The lowest BCUT2D eigenvalue weighted by atomic mass is 9.84. The first-order chi connectivity index (χ1) is 47.0. The SMILES string of the molecule is COCCCNC(=O)CCCCCNC(=O)C(CCCCNC(=O)CCCCCOC1OC(CO)C(OC(C)=O)C(C)C1C)CC(=O)C(CCCCNC(=O)CCCCCOC1OC(CO)C(OC(C)=O)C(C)C1C)NC(=O)CCCCCOC1OC(CO)C(OC(C)=O)C(C)C1C. The molecule has 0 saturated carbocycles. The van der Waals surface area contributed by atoms with E-state index in [9.17, 15) is 58.5 Å². The Morgan fingerprint density at radius 2 is 0.724 bits per heavy atom. The van der Waals surface area contributed by atoms with Crippen molar-refractivity contribution in [3.8, 4) is 0 Å². The summed E-state index contributed by atoms with van der Waals surface area (Å²) in [5, 5.41) is 44.6. The van der Waals surface area contributed by atoms with Gasteiger partial charge in [-0.3, -0.25) is 43.2 Å². The zero-order valence-electron chi connectivity index (χ0n) is 60.7. The number of rotatable bonds is 52. The third-order valence-electron chi connectivity index (χ3n) is 19.1. The largest absolute Gasteiger partial charge is 0.459 e. The molecular weight excluding hydrogens is 1270 g/mol. The third kappa shape index (κ3) is 34.1. The topological polar surface area (TPSA) is 367 Å². The number of aliphatic hydroxyl groups excluding tert-OH is 3. The number of ketones is 1. The fourth-order valence-electron chi connectivity index (χ4n) is 12.6. The molecule has 17 unspecified atom stereocenters. The minimum Gasteiger partial charge on any atom is -0.459 e. The molecular formula is C71H125N5O22. The molecule has 17 atom stereocenters. The number of methoxy groups -OCH3 is 1. The van der Waals surface area contributed by atoms with Crippen LogP contribution in [-0.2, 0) is 90.5 Å². The Balaban J connectivity index is 1.58. The van der Waals surface area contributed by atoms with Crippen molar-refractivity contribution in [2.45, 2.75) is 278 Å². The second-order valence-corrected chi connectivity index (χ2v) is 27.1. The maximum absolute atomic E-state index is 14.5. The van der Waals surface area contributed by atoms with Crippen LogP contribution >= 0.6 is 0 Å². The van der Waals surface area contributed by atoms with E-state index in [1.54, 1.807) is 7.11 Å². The second kappa shape index (κ2) is 50.4. The van der Waals surface area contributed by atoms with Crippen molar-refractivity contribution in [1.82, 2.24) is 26.6 Å². The Morgan fingerprint density at radius 3 is 1.09 bits per heavy atom. The van der Waals surface area contributed by atoms with Gasteiger partial charge < -0.3 is 89.3 Å². The molecule has 3 rings (SSSR count). The van der Waals surface area contributed by atoms with E-state index < -0.39 is 85.4 Å². The molecule has 3 fully saturated rings. The number of aliphatic hydroxyl groups is 3. The van der Waals surface area contributed by atoms with Crippen LogP contribution in [0.2, 0.25) is 0 Å². The molecule has 8 N–H and O–H groups in total. The summed E-state index contributed by atoms with van der Waals surface area (Å²) in [6, 6.07) is -0.907. The van der Waals surface area contributed by atoms with Crippen molar-refractivity contribution in [3.63, 3.8) is 0 Å². The van der Waals surface area contributed by atoms with Crippen molar-refractivity contribution >= 4 is 53.2 Å². The van der Waals surface area contributed by atoms with Crippen LogP contribution in [0, 0.1) is 41.4 Å². The molecule has 0 radical (unpaired) electrons. The highest BCUT2D eigenvalue weighted by Gasteiger charge is 2.46. The lowest BCUT2D eigenvalue weighted by molar-refractivity contribution is -0.272. The van der Waals surface area contributed by atoms with Crippen LogP contribution in [0.3, 0.4) is 0 Å². The summed E-state index contributed by atoms with van der Waals surface area (Å²) in [5.41, 5.74) is 0. The van der Waals surface area contributed by atoms with Crippen LogP contribution in [0.25, 0.3) is 0 Å². The predicted molar refractivity (Wildman–Crippen MR) is 362 cm³/mol. The van der Waals surface area contributed by atoms with Crippen LogP contribution in [0.5, 0.6) is 0 Å². The Labute approximate surface area is 582 Å². The average Bonchev–Trinajstić information content (AvgIpc) is 0.828. The zero-order chi connectivity index (χ0) is 72.4. The van der Waals surface area contributed by atoms with Crippen molar-refractivity contribution in [2.75, 3.05) is 79.5 Å². The van der Waals surface area contributed by atoms with E-state index in [1.165, 1.54) is 20.8 Å². The maximum atomic E-state index is 14.5. The van der Waals surface area contributed by atoms with E-state index in [0.717, 1.165) is 19.3 Å². The molecule has 27 heteroatoms. The van der Waals surface area contributed by atoms with E-state index in [-0.39, 0.29) is 110 Å². The predicted octanol–water partition coefficient (Wildman–Crippen LogP) is 5.94. The maximum Gasteiger partial charge on any atom is 0.303 e. The molecule has 27 nitrogen and oxygen atoms in total. The van der Waals surface area contributed by atoms with Crippen molar-refractivity contribution < 1.29 is 106 Å². The van der Waals surface area contributed by atoms with Crippen LogP contribution in [0.1, 0.15) is 216 Å². The van der Waals surface area contributed by atoms with Gasteiger partial charge in [-0.1, -0.05) is 73.6 Å². The second-order valence-electron chi connectivity index (χ2n) is 27.1. The normalized spacial score (nSPS) is 26.0. The van der Waals surface area contributed by atoms with Gasteiger partial charge in [0.1, 0.15) is 36.6 Å². The number of unbranched alkanes of at least 4 members (excludes halogenated alkanes) is 10. The van der Waals surface area contributed by atoms with Gasteiger partial charge in [0.05, 0.1) is 25.9 Å². The fraction of sp³-hybridized carbons (Fsp3) is 0.873. The van der Waals surface area contributed by atoms with Gasteiger partial charge in [0.15, 0.2) is 24.7 Å². The fourth-order valence-corrected chi connectivity index (χ4v) is 12.6. The molecule has 98 heavy (non-hydrogen) atoms. The monoisotopic (exact) mass is 1400 g/mol. The minimum atomic E-state index is -0.907. The Kier molecular flexibility index (Phi) is 44.9. The molecule has 3 aliphatic rings. The highest BCUT2D eigenvalue weighted by atomic mass is 16.7. The Hall–Kier alpha value is -4.97. The van der Waals surface area contributed by atoms with Gasteiger partial charge in [0.25, 0.3) is 0 Å². The number of Topliss-reactive ketones (excluding diaryl/α,β-unsaturated/α-hetero) is 1. The number of amides is 5. The first kappa shape index (κ1) is 87.2. The van der Waals surface area contributed by atoms with Crippen LogP contribution in [-0.4, -0.2) is 210 Å². The number of carbonyl (C=O) groups is 9. The van der Waals surface area contributed by atoms with Gasteiger partial charge in [-0.25, -0.2) is 0 Å². The van der Waals surface area contributed by atoms with Crippen molar-refractivity contribution in [3.05, 3.63) is 0 Å². The molecule has 0 spiro atoms. The van der Waals surface area contributed by atoms with Gasteiger partial charge in [-0.15, -0.1) is 0 Å². The van der Waals surface area contributed by atoms with E-state index in [4.69, 9.17) is 47.4 Å². The lowest BCUT2D eigenvalue weighted by Crippen LogP contribution is -2.53. The number of ether oxygens (including phenoxy) is 10. The molecule has 0 aromatic carbocycles. The summed E-state index contributed by atoms with van der Waals surface area (Å²) in [4.78, 5) is 115. The molecule has 3 saturated heterocycles. The van der Waals surface area contributed by atoms with E-state index in [1.807, 2.05) is 41.5 Å². The summed E-state index contributed by atoms with van der Waals surface area (Å²) in [7, 11) is 1.61. The zero-order valence-corrected chi connectivity index (χ0v) is 60.7. The van der Waals surface area contributed by atoms with E-state index in [2.05, 4.69) is 26.6 Å². The number of nitrogens with one attached hydrogen (secondary N) is 5. The Morgan fingerprint density at radius 1 is 0.388 bits per heavy atom. The van der Waals surface area contributed by atoms with Crippen molar-refractivity contribution in [2.24, 2.45) is 41.4 Å². The molecule has 0 aliphatic carbocycles. The summed E-state index contributed by atoms with van der Waals surface area (Å²) in [5.74, 6) is -3.89. The van der Waals surface area contributed by atoms with Gasteiger partial charge in [-0.2, -0.15) is 0 Å². The summed E-state index contributed by atoms with van der Waals surface area (Å²) < 4.78 is 57.4. The van der Waals surface area contributed by atoms with E-state index in [0.29, 0.717) is 168 Å². The molecule has 0 aromatic rings. The molecule has 3 heterocycles. The first-order valence-corrected chi connectivity index (χ1v) is 36.5. The van der Waals surface area contributed by atoms with Gasteiger partial charge in [0, 0.05) is 154 Å². The van der Waals surface area contributed by atoms with Crippen molar-refractivity contribution in [1.29, 1.82) is 0 Å². The van der Waals surface area contributed by atoms with Gasteiger partial charge >= 0.3 is 17.9 Å². The average molecular weight is 1400 g/mol. The highest BCUT2D eigenvalue weighted by Crippen LogP contribution is 2.36. The smallest absolute Gasteiger partial charge is 0.303 e. The number of hydrogen-bond donors (Lipinski definition) is 8. The van der Waals surface area contributed by atoms with Gasteiger partial charge in [0.2, 0.25) is 29.5 Å². The van der Waals surface area contributed by atoms with Crippen LogP contribution < -0.4 is 26.6 Å². The standard InChI is InChI=1S/C71H125N5O22/c1-46-49(4)69(96-58(43-77)65(46)93-52(7)80)90-39-24-12-16-31-61(84)72-34-22-19-28-55(68(88)75-36-21-11-15-30-63(86)74-37-27-38-89-10)42-57(83)56(76-64(87)33-18-14-26-41-92-71-51(6)48(3)67(95-54(9)82)60(45-79)98-71)29-20-23-35-73-62(85)32-17-13-25-40-91-70-50(5)47(2)66(94-53(8)81)59(44-78)97-70/h46-51,55-56,58-60,65-67,69-71,77-79H,11-45H2,1-10H3,(H,72,84)(H,73,85)(H,74,86)(H,75,88)(H,76,87). The third-order valence-corrected chi connectivity index (χ3v) is 19.1. The molecule has 566 valence electrons. The van der Waals surface area contributed by atoms with E-state index >= 15 is 0 Å². The number of hydrogen-bond acceptors (Lipinski definition) is 22. The van der Waals surface area contributed by atoms with Crippen LogP contribution in [0.4, 0.5) is 0 Å². The minimum absolute atomic E-state index is 0.0454. The first-order valence-electron chi connectivity index (χ1n) is 36.5. The summed E-state index contributed by atoms with van der Waals surface area (Å²) in [6.45, 7) is 17.9. The molecule has 3 aliphatic heterocycles. The quantitative estimate of drug-likeness (QED) is 0.0198. The summed E-state index contributed by atoms with van der Waals surface area (Å²) in [6.07, 6.45) is 6.50. The molecule has 0 bridgehead atoms. The Bertz CT molecular complexity index is 2320. The number of carbonyl (C=O) groups excluding carboxylic acids is 9. The van der Waals surface area contributed by atoms with Gasteiger partial charge in [-0.05, 0) is 89.9 Å². The van der Waals surface area contributed by atoms with Crippen LogP contribution in [0.15, 0.2) is 0 Å². The summed E-state index contributed by atoms with van der Waals surface area (Å²) >= 11 is 0. The molecule has 0 aromatic heterocycles.